The first kappa shape index (κ1) is 12.4. The third-order valence-corrected chi connectivity index (χ3v) is 3.24. The predicted octanol–water partition coefficient (Wildman–Crippen LogP) is 2.04. The Hall–Kier alpha value is -1.03. The summed E-state index contributed by atoms with van der Waals surface area (Å²) in [5, 5.41) is 8.00. The Kier molecular flexibility index (Phi) is 3.72. The number of anilines is 1. The highest BCUT2D eigenvalue weighted by Crippen LogP contribution is 2.21. The van der Waals surface area contributed by atoms with E-state index < -0.39 is 0 Å². The summed E-state index contributed by atoms with van der Waals surface area (Å²) >= 11 is 0. The molecule has 0 aliphatic carbocycles. The van der Waals surface area contributed by atoms with E-state index in [0.717, 1.165) is 13.1 Å². The van der Waals surface area contributed by atoms with Crippen LogP contribution in [0.2, 0.25) is 0 Å². The van der Waals surface area contributed by atoms with Crippen LogP contribution in [0.25, 0.3) is 0 Å². The predicted molar refractivity (Wildman–Crippen MR) is 71.5 cm³/mol. The first-order chi connectivity index (χ1) is 8.06. The fraction of sp³-hybridized carbons (Fsp3) is 0.769. The minimum Gasteiger partial charge on any atom is -0.367 e. The molecule has 4 heteroatoms. The van der Waals surface area contributed by atoms with Gasteiger partial charge in [0.05, 0.1) is 11.9 Å². The van der Waals surface area contributed by atoms with Gasteiger partial charge in [-0.05, 0) is 20.3 Å². The lowest BCUT2D eigenvalue weighted by atomic mass is 10.2. The third kappa shape index (κ3) is 3.00. The van der Waals surface area contributed by atoms with Crippen molar-refractivity contribution in [2.24, 2.45) is 0 Å². The van der Waals surface area contributed by atoms with Crippen molar-refractivity contribution >= 4 is 5.69 Å². The summed E-state index contributed by atoms with van der Waals surface area (Å²) in [5.74, 6) is 0. The molecule has 0 radical (unpaired) electrons. The Bertz CT molecular complexity index is 356. The van der Waals surface area contributed by atoms with Crippen molar-refractivity contribution in [3.8, 4) is 0 Å². The molecule has 1 aromatic heterocycles. The van der Waals surface area contributed by atoms with Gasteiger partial charge in [0.15, 0.2) is 0 Å². The molecule has 0 bridgehead atoms. The highest BCUT2D eigenvalue weighted by Gasteiger charge is 2.23. The van der Waals surface area contributed by atoms with Crippen molar-refractivity contribution in [2.45, 2.75) is 52.2 Å². The summed E-state index contributed by atoms with van der Waals surface area (Å²) in [6, 6.07) is 1.63. The van der Waals surface area contributed by atoms with Gasteiger partial charge in [0.25, 0.3) is 0 Å². The molecular formula is C13H24N4. The lowest BCUT2D eigenvalue weighted by Crippen LogP contribution is -2.36. The average Bonchev–Trinajstić information content (AvgIpc) is 2.83. The first-order valence-electron chi connectivity index (χ1n) is 6.61. The molecule has 0 amide bonds. The van der Waals surface area contributed by atoms with Crippen LogP contribution in [0, 0.1) is 0 Å². The molecule has 96 valence electrons. The average molecular weight is 236 g/mol. The number of aromatic nitrogens is 2. The third-order valence-electron chi connectivity index (χ3n) is 3.24. The van der Waals surface area contributed by atoms with Crippen LogP contribution in [0.5, 0.6) is 0 Å². The summed E-state index contributed by atoms with van der Waals surface area (Å²) < 4.78 is 2.03. The van der Waals surface area contributed by atoms with Crippen LogP contribution in [0.3, 0.4) is 0 Å². The number of nitrogens with one attached hydrogen (secondary N) is 1. The number of rotatable bonds is 4. The molecule has 0 aromatic carbocycles. The summed E-state index contributed by atoms with van der Waals surface area (Å²) in [6.07, 6.45) is 5.37. The summed E-state index contributed by atoms with van der Waals surface area (Å²) in [4.78, 5) is 2.42. The van der Waals surface area contributed by atoms with E-state index in [9.17, 15) is 0 Å². The Labute approximate surface area is 104 Å². The highest BCUT2D eigenvalue weighted by atomic mass is 15.3. The maximum atomic E-state index is 4.40. The monoisotopic (exact) mass is 236 g/mol. The van der Waals surface area contributed by atoms with Crippen LogP contribution in [-0.4, -0.2) is 35.0 Å². The fourth-order valence-corrected chi connectivity index (χ4v) is 2.38. The molecule has 1 aromatic rings. The second kappa shape index (κ2) is 5.08. The van der Waals surface area contributed by atoms with Gasteiger partial charge in [-0.15, -0.1) is 0 Å². The van der Waals surface area contributed by atoms with Crippen molar-refractivity contribution < 1.29 is 0 Å². The maximum absolute atomic E-state index is 4.40. The number of hydrogen-bond acceptors (Lipinski definition) is 3. The van der Waals surface area contributed by atoms with Crippen molar-refractivity contribution in [2.75, 3.05) is 18.0 Å². The second-order valence-electron chi connectivity index (χ2n) is 5.53. The maximum Gasteiger partial charge on any atom is 0.0753 e. The zero-order valence-electron chi connectivity index (χ0n) is 11.3. The molecule has 1 aliphatic rings. The zero-order valence-corrected chi connectivity index (χ0v) is 11.3. The molecule has 1 fully saturated rings. The lowest BCUT2D eigenvalue weighted by molar-refractivity contribution is 0.492. The molecule has 1 unspecified atom stereocenters. The van der Waals surface area contributed by atoms with Gasteiger partial charge in [-0.1, -0.05) is 13.8 Å². The Morgan fingerprint density at radius 2 is 2.12 bits per heavy atom. The standard InChI is InChI=1S/C13H24N4/c1-10(2)15-12-5-6-16(8-12)13-7-14-17(9-13)11(3)4/h7,9-12,15H,5-6,8H2,1-4H3. The van der Waals surface area contributed by atoms with E-state index in [1.54, 1.807) is 0 Å². The van der Waals surface area contributed by atoms with Crippen LogP contribution < -0.4 is 10.2 Å². The molecule has 4 nitrogen and oxygen atoms in total. The van der Waals surface area contributed by atoms with Crippen LogP contribution in [0.4, 0.5) is 5.69 Å². The molecule has 1 saturated heterocycles. The van der Waals surface area contributed by atoms with E-state index in [2.05, 4.69) is 49.2 Å². The Morgan fingerprint density at radius 3 is 2.71 bits per heavy atom. The highest BCUT2D eigenvalue weighted by molar-refractivity contribution is 5.44. The molecule has 1 aliphatic heterocycles. The van der Waals surface area contributed by atoms with E-state index >= 15 is 0 Å². The Morgan fingerprint density at radius 1 is 1.35 bits per heavy atom. The molecule has 0 saturated carbocycles. The van der Waals surface area contributed by atoms with Crippen LogP contribution in [0.1, 0.15) is 40.2 Å². The van der Waals surface area contributed by atoms with Gasteiger partial charge in [0.2, 0.25) is 0 Å². The summed E-state index contributed by atoms with van der Waals surface area (Å²) in [6.45, 7) is 11.0. The van der Waals surface area contributed by atoms with Gasteiger partial charge in [-0.3, -0.25) is 4.68 Å². The molecule has 17 heavy (non-hydrogen) atoms. The van der Waals surface area contributed by atoms with E-state index in [0.29, 0.717) is 18.1 Å². The minimum atomic E-state index is 0.441. The van der Waals surface area contributed by atoms with Crippen molar-refractivity contribution in [3.05, 3.63) is 12.4 Å². The lowest BCUT2D eigenvalue weighted by Gasteiger charge is -2.18. The fourth-order valence-electron chi connectivity index (χ4n) is 2.38. The SMILES string of the molecule is CC(C)NC1CCN(c2cnn(C(C)C)c2)C1. The summed E-state index contributed by atoms with van der Waals surface area (Å²) in [5.41, 5.74) is 1.26. The molecule has 1 atom stereocenters. The minimum absolute atomic E-state index is 0.441. The van der Waals surface area contributed by atoms with Gasteiger partial charge in [0.1, 0.15) is 0 Å². The molecule has 0 spiro atoms. The van der Waals surface area contributed by atoms with Crippen LogP contribution in [-0.2, 0) is 0 Å². The van der Waals surface area contributed by atoms with Gasteiger partial charge in [-0.2, -0.15) is 5.10 Å². The van der Waals surface area contributed by atoms with Gasteiger partial charge in [0, 0.05) is 37.4 Å². The molecular weight excluding hydrogens is 212 g/mol. The van der Waals surface area contributed by atoms with E-state index in [1.165, 1.54) is 12.1 Å². The second-order valence-corrected chi connectivity index (χ2v) is 5.53. The largest absolute Gasteiger partial charge is 0.367 e. The normalized spacial score (nSPS) is 20.8. The van der Waals surface area contributed by atoms with E-state index in [1.807, 2.05) is 10.9 Å². The molecule has 2 rings (SSSR count). The van der Waals surface area contributed by atoms with Crippen LogP contribution in [0.15, 0.2) is 12.4 Å². The van der Waals surface area contributed by atoms with Crippen LogP contribution >= 0.6 is 0 Å². The smallest absolute Gasteiger partial charge is 0.0753 e. The van der Waals surface area contributed by atoms with E-state index in [-0.39, 0.29) is 0 Å². The summed E-state index contributed by atoms with van der Waals surface area (Å²) in [7, 11) is 0. The number of hydrogen-bond donors (Lipinski definition) is 1. The molecule has 2 heterocycles. The quantitative estimate of drug-likeness (QED) is 0.868. The van der Waals surface area contributed by atoms with E-state index in [4.69, 9.17) is 0 Å². The van der Waals surface area contributed by atoms with Crippen molar-refractivity contribution in [3.63, 3.8) is 0 Å². The zero-order chi connectivity index (χ0) is 12.4. The van der Waals surface area contributed by atoms with Crippen molar-refractivity contribution in [1.82, 2.24) is 15.1 Å². The van der Waals surface area contributed by atoms with Gasteiger partial charge >= 0.3 is 0 Å². The van der Waals surface area contributed by atoms with Gasteiger partial charge in [-0.25, -0.2) is 0 Å². The van der Waals surface area contributed by atoms with Crippen molar-refractivity contribution in [1.29, 1.82) is 0 Å². The Balaban J connectivity index is 1.95. The topological polar surface area (TPSA) is 33.1 Å². The molecule has 1 N–H and O–H groups in total. The first-order valence-corrected chi connectivity index (χ1v) is 6.61. The number of nitrogens with zero attached hydrogens (tertiary/aromatic N) is 3. The van der Waals surface area contributed by atoms with Gasteiger partial charge < -0.3 is 10.2 Å².